The molecule has 47 valence electrons. The quantitative estimate of drug-likeness (QED) is 0.244. The second-order valence-electron chi connectivity index (χ2n) is 0.353. The Kier molecular flexibility index (Phi) is 59.6. The molecule has 0 fully saturated rings. The van der Waals surface area contributed by atoms with Crippen molar-refractivity contribution in [2.45, 2.75) is 0 Å². The van der Waals surface area contributed by atoms with Crippen LogP contribution in [0.4, 0.5) is 0 Å². The standard InChI is InChI=1S/CBN.Ag.NO3.Na/c2-1-3;;2-1(3)4;/q;;-1;+1. The molecule has 0 aromatic heterocycles. The van der Waals surface area contributed by atoms with Gasteiger partial charge in [0.15, 0.2) is 0 Å². The van der Waals surface area contributed by atoms with Gasteiger partial charge in [0.05, 0.1) is 5.09 Å². The van der Waals surface area contributed by atoms with Gasteiger partial charge in [-0.25, -0.2) is 5.26 Å². The maximum absolute atomic E-state index is 8.25. The van der Waals surface area contributed by atoms with E-state index in [4.69, 9.17) is 20.6 Å². The van der Waals surface area contributed by atoms with Gasteiger partial charge in [-0.15, -0.1) is 0 Å². The number of nitriles is 1. The van der Waals surface area contributed by atoms with Gasteiger partial charge in [-0.05, 0) is 5.97 Å². The predicted octanol–water partition coefficient (Wildman–Crippen LogP) is -3.60. The third kappa shape index (κ3) is 1460. The molecular formula is CAgBN2NaO3. The van der Waals surface area contributed by atoms with Gasteiger partial charge in [-0.2, -0.15) is 0 Å². The van der Waals surface area contributed by atoms with Crippen molar-refractivity contribution in [3.05, 3.63) is 15.3 Å². The minimum Gasteiger partial charge on any atom is -0.356 e. The van der Waals surface area contributed by atoms with E-state index < -0.39 is 5.09 Å². The van der Waals surface area contributed by atoms with Crippen LogP contribution >= 0.6 is 0 Å². The Morgan fingerprint density at radius 2 is 1.56 bits per heavy atom. The van der Waals surface area contributed by atoms with Gasteiger partial charge in [-0.1, -0.05) is 0 Å². The first-order valence-electron chi connectivity index (χ1n) is 1.06. The molecule has 0 aliphatic heterocycles. The van der Waals surface area contributed by atoms with Crippen molar-refractivity contribution >= 4 is 7.85 Å². The summed E-state index contributed by atoms with van der Waals surface area (Å²) in [6.07, 6.45) is 0. The minimum atomic E-state index is -1.75. The molecule has 0 atom stereocenters. The van der Waals surface area contributed by atoms with Gasteiger partial charge in [0, 0.05) is 22.4 Å². The van der Waals surface area contributed by atoms with Gasteiger partial charge in [0.25, 0.3) is 0 Å². The van der Waals surface area contributed by atoms with Gasteiger partial charge < -0.3 is 15.3 Å². The van der Waals surface area contributed by atoms with Crippen LogP contribution in [0.2, 0.25) is 0 Å². The normalized spacial score (nSPS) is 3.44. The Hall–Kier alpha value is 0.495. The molecule has 0 amide bonds. The fourth-order valence-corrected chi connectivity index (χ4v) is 0. The summed E-state index contributed by atoms with van der Waals surface area (Å²) in [5, 5.41) is 21.8. The molecule has 0 aromatic carbocycles. The average Bonchev–Trinajstić information content (AvgIpc) is 1.33. The van der Waals surface area contributed by atoms with Crippen LogP contribution in [0.1, 0.15) is 0 Å². The number of rotatable bonds is 0. The van der Waals surface area contributed by atoms with E-state index in [9.17, 15) is 0 Å². The summed E-state index contributed by atoms with van der Waals surface area (Å²) < 4.78 is 0. The van der Waals surface area contributed by atoms with Gasteiger partial charge >= 0.3 is 29.6 Å². The van der Waals surface area contributed by atoms with Crippen LogP contribution in [0.25, 0.3) is 0 Å². The first-order chi connectivity index (χ1) is 3.15. The van der Waals surface area contributed by atoms with Crippen molar-refractivity contribution in [2.75, 3.05) is 0 Å². The molecule has 0 aromatic rings. The Morgan fingerprint density at radius 1 is 1.56 bits per heavy atom. The largest absolute Gasteiger partial charge is 1.00 e. The molecule has 0 spiro atoms. The molecule has 3 radical (unpaired) electrons. The maximum Gasteiger partial charge on any atom is 1.00 e. The third-order valence-electron chi connectivity index (χ3n) is 0. The summed E-state index contributed by atoms with van der Waals surface area (Å²) in [6.45, 7) is 0. The summed E-state index contributed by atoms with van der Waals surface area (Å²) >= 11 is 0. The number of hydrogen-bond donors (Lipinski definition) is 0. The smallest absolute Gasteiger partial charge is 0.356 e. The van der Waals surface area contributed by atoms with E-state index >= 15 is 0 Å². The van der Waals surface area contributed by atoms with Crippen LogP contribution in [0.5, 0.6) is 0 Å². The van der Waals surface area contributed by atoms with Crippen LogP contribution in [-0.4, -0.2) is 12.9 Å². The summed E-state index contributed by atoms with van der Waals surface area (Å²) in [4.78, 5) is 8.25. The molecule has 0 heterocycles. The molecule has 0 N–H and O–H groups in total. The van der Waals surface area contributed by atoms with Crippen LogP contribution < -0.4 is 29.6 Å². The Morgan fingerprint density at radius 3 is 1.56 bits per heavy atom. The van der Waals surface area contributed by atoms with E-state index in [0.29, 0.717) is 0 Å². The minimum absolute atomic E-state index is 0. The predicted molar refractivity (Wildman–Crippen MR) is 21.7 cm³/mol. The van der Waals surface area contributed by atoms with Crippen LogP contribution in [0, 0.1) is 26.6 Å². The van der Waals surface area contributed by atoms with E-state index in [1.54, 1.807) is 0 Å². The van der Waals surface area contributed by atoms with E-state index in [-0.39, 0.29) is 51.9 Å². The van der Waals surface area contributed by atoms with Crippen LogP contribution in [0.15, 0.2) is 0 Å². The van der Waals surface area contributed by atoms with E-state index in [2.05, 4.69) is 7.85 Å². The summed E-state index contributed by atoms with van der Waals surface area (Å²) in [5.41, 5.74) is 0. The molecule has 0 bridgehead atoms. The monoisotopic (exact) mass is 229 g/mol. The summed E-state index contributed by atoms with van der Waals surface area (Å²) in [7, 11) is 4.15. The zero-order valence-corrected chi connectivity index (χ0v) is 7.98. The topological polar surface area (TPSA) is 90.0 Å². The van der Waals surface area contributed by atoms with E-state index in [1.165, 1.54) is 5.97 Å². The van der Waals surface area contributed by atoms with Crippen molar-refractivity contribution in [1.82, 2.24) is 0 Å². The number of nitrogens with zero attached hydrogens (tertiary/aromatic N) is 2. The molecule has 0 aliphatic carbocycles. The fraction of sp³-hybridized carbons (Fsp3) is 0. The van der Waals surface area contributed by atoms with Gasteiger partial charge in [0.1, 0.15) is 0 Å². The second kappa shape index (κ2) is 23.6. The summed E-state index contributed by atoms with van der Waals surface area (Å²) in [6, 6.07) is 0. The molecule has 0 saturated carbocycles. The molecule has 8 heteroatoms. The van der Waals surface area contributed by atoms with Crippen LogP contribution in [0.3, 0.4) is 0 Å². The molecule has 0 saturated heterocycles. The van der Waals surface area contributed by atoms with E-state index in [1.807, 2.05) is 0 Å². The molecule has 0 aliphatic rings. The van der Waals surface area contributed by atoms with Crippen molar-refractivity contribution in [1.29, 1.82) is 5.26 Å². The first-order valence-corrected chi connectivity index (χ1v) is 1.06. The SMILES string of the molecule is O=[N+]([O-])[O-].[Ag].[B]C#N.[Na+]. The van der Waals surface area contributed by atoms with Gasteiger partial charge in [-0.3, -0.25) is 0 Å². The second-order valence-corrected chi connectivity index (χ2v) is 0.353. The first kappa shape index (κ1) is 22.7. The molecule has 0 rings (SSSR count). The van der Waals surface area contributed by atoms with Crippen molar-refractivity contribution in [3.8, 4) is 5.97 Å². The van der Waals surface area contributed by atoms with Crippen LogP contribution in [-0.2, 0) is 22.4 Å². The molecule has 9 heavy (non-hydrogen) atoms. The average molecular weight is 230 g/mol. The Balaban J connectivity index is -0.0000000233. The molecule has 0 unspecified atom stereocenters. The zero-order chi connectivity index (χ0) is 6.28. The maximum atomic E-state index is 8.25. The third-order valence-corrected chi connectivity index (χ3v) is 0. The molecule has 5 nitrogen and oxygen atoms in total. The van der Waals surface area contributed by atoms with Crippen molar-refractivity contribution < 1.29 is 57.0 Å². The number of hydrogen-bond acceptors (Lipinski definition) is 4. The van der Waals surface area contributed by atoms with Gasteiger partial charge in [0.2, 0.25) is 7.85 Å². The zero-order valence-electron chi connectivity index (χ0n) is 4.50. The van der Waals surface area contributed by atoms with E-state index in [0.717, 1.165) is 0 Å². The fourth-order valence-electron chi connectivity index (χ4n) is 0. The van der Waals surface area contributed by atoms with Crippen molar-refractivity contribution in [3.63, 3.8) is 0 Å². The van der Waals surface area contributed by atoms with Crippen molar-refractivity contribution in [2.24, 2.45) is 0 Å². The molecular weight excluding hydrogens is 230 g/mol. The Labute approximate surface area is 90.7 Å². The Bertz CT molecular complexity index is 90.3. The summed E-state index contributed by atoms with van der Waals surface area (Å²) in [5.74, 6) is 1.25.